The Hall–Kier alpha value is -2.37. The Bertz CT molecular complexity index is 579. The Morgan fingerprint density at radius 3 is 2.89 bits per heavy atom. The minimum absolute atomic E-state index is 0.263. The molecule has 0 saturated carbocycles. The van der Waals surface area contributed by atoms with Crippen LogP contribution in [0.2, 0.25) is 0 Å². The monoisotopic (exact) mass is 251 g/mol. The van der Waals surface area contributed by atoms with Crippen LogP contribution in [-0.2, 0) is 6.67 Å². The first-order chi connectivity index (χ1) is 8.67. The lowest BCUT2D eigenvalue weighted by Crippen LogP contribution is -1.94. The lowest BCUT2D eigenvalue weighted by Gasteiger charge is -2.08. The Morgan fingerprint density at radius 2 is 2.33 bits per heavy atom. The maximum absolute atomic E-state index is 13.0. The van der Waals surface area contributed by atoms with E-state index in [0.29, 0.717) is 16.9 Å². The number of carboxylic acids is 1. The molecule has 2 aromatic rings. The van der Waals surface area contributed by atoms with Crippen molar-refractivity contribution in [2.45, 2.75) is 6.67 Å². The maximum atomic E-state index is 13.0. The minimum Gasteiger partial charge on any atom is -0.496 e. The van der Waals surface area contributed by atoms with Gasteiger partial charge in [0.25, 0.3) is 0 Å². The highest BCUT2D eigenvalue weighted by atomic mass is 19.1. The molecule has 1 aromatic carbocycles. The van der Waals surface area contributed by atoms with Crippen LogP contribution in [0.5, 0.6) is 5.75 Å². The number of nitrogens with zero attached hydrogens (tertiary/aromatic N) is 1. The fourth-order valence-electron chi connectivity index (χ4n) is 1.64. The maximum Gasteiger partial charge on any atom is 0.374 e. The van der Waals surface area contributed by atoms with Gasteiger partial charge >= 0.3 is 5.97 Å². The van der Waals surface area contributed by atoms with E-state index in [1.54, 1.807) is 18.2 Å². The van der Waals surface area contributed by atoms with Crippen LogP contribution in [-0.4, -0.2) is 23.3 Å². The molecule has 0 aliphatic heterocycles. The van der Waals surface area contributed by atoms with E-state index in [1.165, 1.54) is 13.2 Å². The topological polar surface area (TPSA) is 72.6 Å². The van der Waals surface area contributed by atoms with Gasteiger partial charge in [0.1, 0.15) is 18.1 Å². The number of hydrogen-bond donors (Lipinski definition) is 1. The molecule has 0 atom stereocenters. The molecule has 0 unspecified atom stereocenters. The van der Waals surface area contributed by atoms with Crippen molar-refractivity contribution in [1.82, 2.24) is 5.16 Å². The highest BCUT2D eigenvalue weighted by Crippen LogP contribution is 2.31. The van der Waals surface area contributed by atoms with Crippen molar-refractivity contribution < 1.29 is 23.6 Å². The largest absolute Gasteiger partial charge is 0.496 e. The molecule has 0 amide bonds. The number of aromatic carboxylic acids is 1. The van der Waals surface area contributed by atoms with Crippen LogP contribution >= 0.6 is 0 Å². The van der Waals surface area contributed by atoms with Crippen LogP contribution in [0, 0.1) is 0 Å². The van der Waals surface area contributed by atoms with Crippen molar-refractivity contribution in [2.75, 3.05) is 7.11 Å². The van der Waals surface area contributed by atoms with Crippen LogP contribution in [0.15, 0.2) is 28.8 Å². The highest BCUT2D eigenvalue weighted by molar-refractivity contribution is 5.86. The molecule has 0 saturated heterocycles. The SMILES string of the molecule is COc1cccc(-c2cc(C(=O)O)on2)c1CF. The van der Waals surface area contributed by atoms with Crippen LogP contribution < -0.4 is 4.74 Å². The van der Waals surface area contributed by atoms with E-state index in [2.05, 4.69) is 9.68 Å². The second-order valence-electron chi connectivity index (χ2n) is 3.50. The summed E-state index contributed by atoms with van der Waals surface area (Å²) in [4.78, 5) is 10.7. The van der Waals surface area contributed by atoms with Crippen LogP contribution in [0.3, 0.4) is 0 Å². The van der Waals surface area contributed by atoms with Crippen molar-refractivity contribution in [2.24, 2.45) is 0 Å². The third kappa shape index (κ3) is 2.04. The zero-order chi connectivity index (χ0) is 13.1. The number of halogens is 1. The summed E-state index contributed by atoms with van der Waals surface area (Å²) in [6.45, 7) is -0.741. The minimum atomic E-state index is -1.22. The number of carboxylic acid groups (broad SMARTS) is 1. The molecule has 18 heavy (non-hydrogen) atoms. The molecular formula is C12H10FNO4. The third-order valence-electron chi connectivity index (χ3n) is 2.48. The first kappa shape index (κ1) is 12.1. The van der Waals surface area contributed by atoms with Crippen molar-refractivity contribution in [3.63, 3.8) is 0 Å². The first-order valence-corrected chi connectivity index (χ1v) is 5.09. The number of benzene rings is 1. The number of rotatable bonds is 4. The summed E-state index contributed by atoms with van der Waals surface area (Å²) in [5.74, 6) is -1.13. The molecule has 1 aromatic heterocycles. The Balaban J connectivity index is 2.52. The zero-order valence-electron chi connectivity index (χ0n) is 9.51. The number of alkyl halides is 1. The van der Waals surface area contributed by atoms with Crippen molar-refractivity contribution in [3.8, 4) is 17.0 Å². The summed E-state index contributed by atoms with van der Waals surface area (Å²) in [7, 11) is 1.43. The van der Waals surface area contributed by atoms with Gasteiger partial charge in [-0.1, -0.05) is 17.3 Å². The summed E-state index contributed by atoms with van der Waals surface area (Å²) in [5, 5.41) is 12.4. The fraction of sp³-hybridized carbons (Fsp3) is 0.167. The average Bonchev–Trinajstić information content (AvgIpc) is 2.87. The number of aromatic nitrogens is 1. The molecule has 0 aliphatic carbocycles. The molecule has 5 nitrogen and oxygen atoms in total. The van der Waals surface area contributed by atoms with Crippen LogP contribution in [0.4, 0.5) is 4.39 Å². The smallest absolute Gasteiger partial charge is 0.374 e. The van der Waals surface area contributed by atoms with E-state index in [9.17, 15) is 9.18 Å². The van der Waals surface area contributed by atoms with Crippen molar-refractivity contribution in [1.29, 1.82) is 0 Å². The summed E-state index contributed by atoms with van der Waals surface area (Å²) in [6, 6.07) is 6.16. The first-order valence-electron chi connectivity index (χ1n) is 5.09. The van der Waals surface area contributed by atoms with Gasteiger partial charge < -0.3 is 14.4 Å². The van der Waals surface area contributed by atoms with E-state index in [0.717, 1.165) is 0 Å². The fourth-order valence-corrected chi connectivity index (χ4v) is 1.64. The summed E-state index contributed by atoms with van der Waals surface area (Å²) < 4.78 is 22.7. The molecular weight excluding hydrogens is 241 g/mol. The van der Waals surface area contributed by atoms with Gasteiger partial charge in [-0.3, -0.25) is 0 Å². The summed E-state index contributed by atoms with van der Waals surface area (Å²) in [6.07, 6.45) is 0. The van der Waals surface area contributed by atoms with Crippen LogP contribution in [0.1, 0.15) is 16.1 Å². The molecule has 0 bridgehead atoms. The van der Waals surface area contributed by atoms with Gasteiger partial charge in [0, 0.05) is 17.2 Å². The second-order valence-corrected chi connectivity index (χ2v) is 3.50. The molecule has 0 spiro atoms. The van der Waals surface area contributed by atoms with Gasteiger partial charge in [-0.25, -0.2) is 9.18 Å². The average molecular weight is 251 g/mol. The van der Waals surface area contributed by atoms with E-state index >= 15 is 0 Å². The number of methoxy groups -OCH3 is 1. The van der Waals surface area contributed by atoms with Crippen molar-refractivity contribution in [3.05, 3.63) is 35.6 Å². The molecule has 94 valence electrons. The number of hydrogen-bond acceptors (Lipinski definition) is 4. The summed E-state index contributed by atoms with van der Waals surface area (Å²) in [5.41, 5.74) is 1.03. The van der Waals surface area contributed by atoms with Gasteiger partial charge in [0.05, 0.1) is 7.11 Å². The lowest BCUT2D eigenvalue weighted by atomic mass is 10.0. The number of ether oxygens (including phenoxy) is 1. The van der Waals surface area contributed by atoms with Gasteiger partial charge in [0.2, 0.25) is 5.76 Å². The van der Waals surface area contributed by atoms with Gasteiger partial charge in [0.15, 0.2) is 0 Å². The lowest BCUT2D eigenvalue weighted by molar-refractivity contribution is 0.0652. The van der Waals surface area contributed by atoms with E-state index in [1.807, 2.05) is 0 Å². The predicted octanol–water partition coefficient (Wildman–Crippen LogP) is 2.52. The predicted molar refractivity (Wildman–Crippen MR) is 60.3 cm³/mol. The van der Waals surface area contributed by atoms with E-state index in [-0.39, 0.29) is 11.5 Å². The molecule has 2 rings (SSSR count). The molecule has 0 fully saturated rings. The molecule has 1 heterocycles. The number of carbonyl (C=O) groups is 1. The normalized spacial score (nSPS) is 10.3. The third-order valence-corrected chi connectivity index (χ3v) is 2.48. The second kappa shape index (κ2) is 4.87. The Morgan fingerprint density at radius 1 is 1.56 bits per heavy atom. The molecule has 6 heteroatoms. The van der Waals surface area contributed by atoms with Gasteiger partial charge in [-0.15, -0.1) is 0 Å². The van der Waals surface area contributed by atoms with Gasteiger partial charge in [-0.05, 0) is 6.07 Å². The van der Waals surface area contributed by atoms with Gasteiger partial charge in [-0.2, -0.15) is 0 Å². The molecule has 1 N–H and O–H groups in total. The Kier molecular flexibility index (Phi) is 3.27. The standard InChI is InChI=1S/C12H10FNO4/c1-17-10-4-2-3-7(8(10)6-13)9-5-11(12(15)16)18-14-9/h2-5H,6H2,1H3,(H,15,16). The zero-order valence-corrected chi connectivity index (χ0v) is 9.51. The van der Waals surface area contributed by atoms with E-state index < -0.39 is 12.6 Å². The quantitative estimate of drug-likeness (QED) is 0.903. The molecule has 0 radical (unpaired) electrons. The Labute approximate surface area is 102 Å². The highest BCUT2D eigenvalue weighted by Gasteiger charge is 2.17. The van der Waals surface area contributed by atoms with Crippen LogP contribution in [0.25, 0.3) is 11.3 Å². The van der Waals surface area contributed by atoms with Crippen molar-refractivity contribution >= 4 is 5.97 Å². The van der Waals surface area contributed by atoms with E-state index in [4.69, 9.17) is 9.84 Å². The molecule has 0 aliphatic rings. The summed E-state index contributed by atoms with van der Waals surface area (Å²) >= 11 is 0.